The maximum absolute atomic E-state index is 13.5. The van der Waals surface area contributed by atoms with Crippen molar-refractivity contribution < 1.29 is 9.18 Å². The molecule has 1 saturated heterocycles. The first kappa shape index (κ1) is 13.3. The molecule has 1 N–H and O–H groups in total. The fourth-order valence-electron chi connectivity index (χ4n) is 2.19. The van der Waals surface area contributed by atoms with E-state index in [4.69, 9.17) is 11.6 Å². The number of halogens is 2. The van der Waals surface area contributed by atoms with Crippen LogP contribution in [0.1, 0.15) is 19.8 Å². The summed E-state index contributed by atoms with van der Waals surface area (Å²) in [4.78, 5) is 13.9. The topological polar surface area (TPSA) is 32.3 Å². The molecule has 1 heterocycles. The van der Waals surface area contributed by atoms with Gasteiger partial charge in [-0.05, 0) is 44.5 Å². The summed E-state index contributed by atoms with van der Waals surface area (Å²) in [5.41, 5.74) is 0.177. The second-order valence-corrected chi connectivity index (χ2v) is 5.07. The van der Waals surface area contributed by atoms with Crippen LogP contribution in [0.4, 0.5) is 10.1 Å². The molecule has 1 atom stereocenters. The van der Waals surface area contributed by atoms with E-state index in [1.165, 1.54) is 12.1 Å². The first-order valence-electron chi connectivity index (χ1n) is 6.05. The SMILES string of the molecule is C[C@H]1CCCN1CC(=O)Nc1ccc(Cl)cc1F. The third-order valence-electron chi connectivity index (χ3n) is 3.24. The zero-order valence-corrected chi connectivity index (χ0v) is 11.0. The Kier molecular flexibility index (Phi) is 4.19. The number of carbonyl (C=O) groups excluding carboxylic acids is 1. The van der Waals surface area contributed by atoms with Gasteiger partial charge >= 0.3 is 0 Å². The molecule has 0 unspecified atom stereocenters. The van der Waals surface area contributed by atoms with Crippen LogP contribution in [0.15, 0.2) is 18.2 Å². The van der Waals surface area contributed by atoms with Gasteiger partial charge in [-0.3, -0.25) is 9.69 Å². The molecule has 1 aliphatic heterocycles. The monoisotopic (exact) mass is 270 g/mol. The highest BCUT2D eigenvalue weighted by atomic mass is 35.5. The third-order valence-corrected chi connectivity index (χ3v) is 3.48. The van der Waals surface area contributed by atoms with Gasteiger partial charge in [0.2, 0.25) is 5.91 Å². The van der Waals surface area contributed by atoms with E-state index in [-0.39, 0.29) is 11.6 Å². The van der Waals surface area contributed by atoms with Crippen LogP contribution in [0.2, 0.25) is 5.02 Å². The predicted octanol–water partition coefficient (Wildman–Crippen LogP) is 2.90. The third kappa shape index (κ3) is 3.21. The van der Waals surface area contributed by atoms with Crippen LogP contribution >= 0.6 is 11.6 Å². The largest absolute Gasteiger partial charge is 0.322 e. The van der Waals surface area contributed by atoms with Gasteiger partial charge in [0, 0.05) is 11.1 Å². The molecular formula is C13H16ClFN2O. The standard InChI is InChI=1S/C13H16ClFN2O/c1-9-3-2-6-17(9)8-13(18)16-12-5-4-10(14)7-11(12)15/h4-5,7,9H,2-3,6,8H2,1H3,(H,16,18)/t9-/m0/s1. The lowest BCUT2D eigenvalue weighted by Gasteiger charge is -2.20. The summed E-state index contributed by atoms with van der Waals surface area (Å²) in [6.07, 6.45) is 2.23. The molecule has 0 spiro atoms. The van der Waals surface area contributed by atoms with Crippen molar-refractivity contribution >= 4 is 23.2 Å². The Morgan fingerprint density at radius 1 is 1.61 bits per heavy atom. The molecule has 98 valence electrons. The van der Waals surface area contributed by atoms with E-state index in [1.807, 2.05) is 0 Å². The first-order chi connectivity index (χ1) is 8.56. The number of carbonyl (C=O) groups is 1. The number of anilines is 1. The quantitative estimate of drug-likeness (QED) is 0.916. The molecule has 5 heteroatoms. The molecule has 0 aliphatic carbocycles. The normalized spacial score (nSPS) is 20.1. The van der Waals surface area contributed by atoms with Gasteiger partial charge in [0.15, 0.2) is 0 Å². The summed E-state index contributed by atoms with van der Waals surface area (Å²) in [5.74, 6) is -0.699. The highest BCUT2D eigenvalue weighted by Crippen LogP contribution is 2.20. The number of nitrogens with zero attached hydrogens (tertiary/aromatic N) is 1. The van der Waals surface area contributed by atoms with Crippen molar-refractivity contribution in [2.75, 3.05) is 18.4 Å². The molecule has 1 aliphatic rings. The highest BCUT2D eigenvalue weighted by molar-refractivity contribution is 6.30. The molecule has 1 aromatic rings. The lowest BCUT2D eigenvalue weighted by Crippen LogP contribution is -2.35. The van der Waals surface area contributed by atoms with Crippen molar-refractivity contribution in [2.45, 2.75) is 25.8 Å². The Balaban J connectivity index is 1.94. The predicted molar refractivity (Wildman–Crippen MR) is 70.3 cm³/mol. The Morgan fingerprint density at radius 3 is 3.00 bits per heavy atom. The first-order valence-corrected chi connectivity index (χ1v) is 6.43. The fourth-order valence-corrected chi connectivity index (χ4v) is 2.35. The van der Waals surface area contributed by atoms with E-state index in [2.05, 4.69) is 17.1 Å². The van der Waals surface area contributed by atoms with Gasteiger partial charge in [0.25, 0.3) is 0 Å². The molecule has 0 bridgehead atoms. The van der Waals surface area contributed by atoms with Crippen LogP contribution in [0.3, 0.4) is 0 Å². The highest BCUT2D eigenvalue weighted by Gasteiger charge is 2.22. The second-order valence-electron chi connectivity index (χ2n) is 4.63. The summed E-state index contributed by atoms with van der Waals surface area (Å²) in [5, 5.41) is 2.89. The van der Waals surface area contributed by atoms with Gasteiger partial charge in [-0.2, -0.15) is 0 Å². The van der Waals surface area contributed by atoms with Crippen LogP contribution in [-0.2, 0) is 4.79 Å². The van der Waals surface area contributed by atoms with E-state index in [1.54, 1.807) is 6.07 Å². The van der Waals surface area contributed by atoms with Crippen LogP contribution in [-0.4, -0.2) is 29.9 Å². The van der Waals surface area contributed by atoms with Crippen molar-refractivity contribution in [3.05, 3.63) is 29.0 Å². The van der Waals surface area contributed by atoms with Crippen LogP contribution < -0.4 is 5.32 Å². The van der Waals surface area contributed by atoms with Crippen molar-refractivity contribution in [2.24, 2.45) is 0 Å². The summed E-state index contributed by atoms with van der Waals surface area (Å²) in [7, 11) is 0. The number of hydrogen-bond donors (Lipinski definition) is 1. The Morgan fingerprint density at radius 2 is 2.39 bits per heavy atom. The summed E-state index contributed by atoms with van der Waals surface area (Å²) >= 11 is 5.65. The smallest absolute Gasteiger partial charge is 0.238 e. The van der Waals surface area contributed by atoms with Gasteiger partial charge in [-0.1, -0.05) is 11.6 Å². The van der Waals surface area contributed by atoms with Gasteiger partial charge < -0.3 is 5.32 Å². The summed E-state index contributed by atoms with van der Waals surface area (Å²) < 4.78 is 13.5. The second kappa shape index (κ2) is 5.67. The average Bonchev–Trinajstić information content (AvgIpc) is 2.69. The van der Waals surface area contributed by atoms with Crippen molar-refractivity contribution in [1.82, 2.24) is 4.90 Å². The van der Waals surface area contributed by atoms with E-state index >= 15 is 0 Å². The molecule has 2 rings (SSSR count). The van der Waals surface area contributed by atoms with Crippen LogP contribution in [0.5, 0.6) is 0 Å². The van der Waals surface area contributed by atoms with Gasteiger partial charge in [-0.25, -0.2) is 4.39 Å². The molecule has 0 saturated carbocycles. The Bertz CT molecular complexity index is 453. The average molecular weight is 271 g/mol. The van der Waals surface area contributed by atoms with Gasteiger partial charge in [0.1, 0.15) is 5.82 Å². The Hall–Kier alpha value is -1.13. The van der Waals surface area contributed by atoms with Gasteiger partial charge in [-0.15, -0.1) is 0 Å². The zero-order chi connectivity index (χ0) is 13.1. The molecule has 1 fully saturated rings. The number of nitrogens with one attached hydrogen (secondary N) is 1. The van der Waals surface area contributed by atoms with Crippen molar-refractivity contribution in [3.63, 3.8) is 0 Å². The Labute approximate surface area is 111 Å². The summed E-state index contributed by atoms with van der Waals surface area (Å²) in [6, 6.07) is 4.64. The van der Waals surface area contributed by atoms with Crippen LogP contribution in [0, 0.1) is 5.82 Å². The van der Waals surface area contributed by atoms with E-state index < -0.39 is 5.82 Å². The molecule has 18 heavy (non-hydrogen) atoms. The molecule has 0 aromatic heterocycles. The van der Waals surface area contributed by atoms with Gasteiger partial charge in [0.05, 0.1) is 12.2 Å². The van der Waals surface area contributed by atoms with Crippen molar-refractivity contribution in [1.29, 1.82) is 0 Å². The van der Waals surface area contributed by atoms with Crippen molar-refractivity contribution in [3.8, 4) is 0 Å². The number of hydrogen-bond acceptors (Lipinski definition) is 2. The summed E-state index contributed by atoms with van der Waals surface area (Å²) in [6.45, 7) is 3.34. The molecular weight excluding hydrogens is 255 g/mol. The lowest BCUT2D eigenvalue weighted by atomic mass is 10.2. The fraction of sp³-hybridized carbons (Fsp3) is 0.462. The van der Waals surface area contributed by atoms with E-state index in [0.717, 1.165) is 19.4 Å². The number of amides is 1. The van der Waals surface area contributed by atoms with Crippen LogP contribution in [0.25, 0.3) is 0 Å². The number of benzene rings is 1. The minimum absolute atomic E-state index is 0.177. The van der Waals surface area contributed by atoms with E-state index in [9.17, 15) is 9.18 Å². The maximum atomic E-state index is 13.5. The minimum Gasteiger partial charge on any atom is -0.322 e. The van der Waals surface area contributed by atoms with E-state index in [0.29, 0.717) is 17.6 Å². The molecule has 1 amide bonds. The number of likely N-dealkylation sites (tertiary alicyclic amines) is 1. The number of rotatable bonds is 3. The molecule has 1 aromatic carbocycles. The molecule has 3 nitrogen and oxygen atoms in total. The minimum atomic E-state index is -0.509. The zero-order valence-electron chi connectivity index (χ0n) is 10.2. The molecule has 0 radical (unpaired) electrons. The maximum Gasteiger partial charge on any atom is 0.238 e. The lowest BCUT2D eigenvalue weighted by molar-refractivity contribution is -0.117.